The van der Waals surface area contributed by atoms with Crippen molar-refractivity contribution >= 4 is 11.9 Å². The van der Waals surface area contributed by atoms with Crippen LogP contribution in [0.4, 0.5) is 0 Å². The summed E-state index contributed by atoms with van der Waals surface area (Å²) in [4.78, 5) is 21.4. The summed E-state index contributed by atoms with van der Waals surface area (Å²) in [7, 11) is 0. The molecule has 0 aromatic rings. The third kappa shape index (κ3) is 31.6. The highest BCUT2D eigenvalue weighted by atomic mass is 16.5. The third-order valence-corrected chi connectivity index (χ3v) is 4.71. The molecule has 0 aliphatic heterocycles. The maximum Gasteiger partial charge on any atom is 0.306 e. The zero-order valence-corrected chi connectivity index (χ0v) is 19.6. The van der Waals surface area contributed by atoms with Crippen molar-refractivity contribution in [1.29, 1.82) is 0 Å². The number of hydrogen-bond donors (Lipinski definition) is 1. The largest absolute Gasteiger partial charge is 0.481 e. The second-order valence-corrected chi connectivity index (χ2v) is 7.73. The molecule has 0 rings (SSSR count). The summed E-state index contributed by atoms with van der Waals surface area (Å²) in [6, 6.07) is 0. The number of allylic oxidation sites excluding steroid dienone is 1. The Bertz CT molecular complexity index is 377. The fourth-order valence-electron chi connectivity index (χ4n) is 2.84. The normalized spacial score (nSPS) is 10.6. The molecule has 0 amide bonds. The van der Waals surface area contributed by atoms with Gasteiger partial charge in [-0.1, -0.05) is 104 Å². The lowest BCUT2D eigenvalue weighted by atomic mass is 10.1. The number of hydrogen-bond acceptors (Lipinski definition) is 3. The standard InChI is InChI=1S/C17H32O2.C8H16O2/c1-3-5-7-9-10-12-14-16-19-17(18)15-13-11-8-6-4-2;1-2-3-4-5-6-7-8(9)10/h12,14H,3-11,13,15-16H2,1-2H3;2-7H2,1H3,(H,9,10)/b14-12-;. The third-order valence-electron chi connectivity index (χ3n) is 4.71. The van der Waals surface area contributed by atoms with Gasteiger partial charge in [-0.15, -0.1) is 0 Å². The van der Waals surface area contributed by atoms with E-state index in [2.05, 4.69) is 26.8 Å². The lowest BCUT2D eigenvalue weighted by Gasteiger charge is -2.02. The van der Waals surface area contributed by atoms with Gasteiger partial charge >= 0.3 is 11.9 Å². The van der Waals surface area contributed by atoms with E-state index in [-0.39, 0.29) is 5.97 Å². The van der Waals surface area contributed by atoms with E-state index in [1.165, 1.54) is 64.2 Å². The van der Waals surface area contributed by atoms with Crippen molar-refractivity contribution in [1.82, 2.24) is 0 Å². The molecule has 0 aromatic heterocycles. The molecule has 0 saturated carbocycles. The fraction of sp³-hybridized carbons (Fsp3) is 0.840. The number of rotatable bonds is 19. The van der Waals surface area contributed by atoms with Crippen molar-refractivity contribution in [3.63, 3.8) is 0 Å². The SMILES string of the molecule is CCCCCC/C=C\COC(=O)CCCCCCC.CCCCCCCC(=O)O. The van der Waals surface area contributed by atoms with Crippen LogP contribution in [-0.4, -0.2) is 23.7 Å². The summed E-state index contributed by atoms with van der Waals surface area (Å²) in [6.45, 7) is 7.01. The van der Waals surface area contributed by atoms with Gasteiger partial charge in [0.05, 0.1) is 0 Å². The number of unbranched alkanes of at least 4 members (excludes halogenated alkanes) is 12. The summed E-state index contributed by atoms with van der Waals surface area (Å²) in [5.74, 6) is -0.719. The average molecular weight is 413 g/mol. The van der Waals surface area contributed by atoms with E-state index in [1.54, 1.807) is 0 Å². The predicted molar refractivity (Wildman–Crippen MR) is 123 cm³/mol. The topological polar surface area (TPSA) is 63.6 Å². The van der Waals surface area contributed by atoms with E-state index in [9.17, 15) is 9.59 Å². The molecule has 0 aliphatic rings. The molecule has 0 heterocycles. The van der Waals surface area contributed by atoms with E-state index in [0.29, 0.717) is 19.4 Å². The minimum atomic E-state index is -0.670. The zero-order valence-electron chi connectivity index (χ0n) is 19.6. The summed E-state index contributed by atoms with van der Waals surface area (Å²) in [5.41, 5.74) is 0. The first-order valence-electron chi connectivity index (χ1n) is 12.1. The summed E-state index contributed by atoms with van der Waals surface area (Å²) >= 11 is 0. The van der Waals surface area contributed by atoms with E-state index >= 15 is 0 Å². The summed E-state index contributed by atoms with van der Waals surface area (Å²) in [6.07, 6.45) is 22.7. The van der Waals surface area contributed by atoms with Crippen LogP contribution in [0, 0.1) is 0 Å². The Morgan fingerprint density at radius 2 is 1.14 bits per heavy atom. The van der Waals surface area contributed by atoms with Gasteiger partial charge in [-0.05, 0) is 25.7 Å². The van der Waals surface area contributed by atoms with Crippen molar-refractivity contribution in [2.75, 3.05) is 6.61 Å². The van der Waals surface area contributed by atoms with Gasteiger partial charge in [0.1, 0.15) is 6.61 Å². The molecule has 0 radical (unpaired) electrons. The summed E-state index contributed by atoms with van der Waals surface area (Å²) < 4.78 is 5.15. The molecule has 0 unspecified atom stereocenters. The Hall–Kier alpha value is -1.32. The van der Waals surface area contributed by atoms with E-state index in [1.807, 2.05) is 6.08 Å². The van der Waals surface area contributed by atoms with Gasteiger partial charge in [-0.3, -0.25) is 9.59 Å². The van der Waals surface area contributed by atoms with Crippen molar-refractivity contribution in [2.24, 2.45) is 0 Å². The molecule has 4 heteroatoms. The van der Waals surface area contributed by atoms with Crippen molar-refractivity contribution < 1.29 is 19.4 Å². The minimum Gasteiger partial charge on any atom is -0.481 e. The Balaban J connectivity index is 0. The minimum absolute atomic E-state index is 0.0490. The number of carbonyl (C=O) groups excluding carboxylic acids is 1. The first-order valence-corrected chi connectivity index (χ1v) is 12.1. The van der Waals surface area contributed by atoms with Crippen LogP contribution in [0.2, 0.25) is 0 Å². The fourth-order valence-corrected chi connectivity index (χ4v) is 2.84. The van der Waals surface area contributed by atoms with E-state index in [0.717, 1.165) is 32.1 Å². The van der Waals surface area contributed by atoms with Crippen LogP contribution in [0.3, 0.4) is 0 Å². The molecule has 0 atom stereocenters. The first kappa shape index (κ1) is 29.9. The number of ether oxygens (including phenoxy) is 1. The molecule has 0 spiro atoms. The molecule has 0 aliphatic carbocycles. The summed E-state index contributed by atoms with van der Waals surface area (Å²) in [5, 5.41) is 8.27. The monoisotopic (exact) mass is 412 g/mol. The van der Waals surface area contributed by atoms with Gasteiger partial charge in [-0.2, -0.15) is 0 Å². The van der Waals surface area contributed by atoms with E-state index in [4.69, 9.17) is 9.84 Å². The van der Waals surface area contributed by atoms with Crippen LogP contribution in [0.15, 0.2) is 12.2 Å². The molecule has 4 nitrogen and oxygen atoms in total. The Kier molecular flexibility index (Phi) is 27.5. The molecule has 29 heavy (non-hydrogen) atoms. The van der Waals surface area contributed by atoms with Crippen molar-refractivity contribution in [2.45, 2.75) is 130 Å². The Morgan fingerprint density at radius 3 is 1.66 bits per heavy atom. The molecule has 0 aromatic carbocycles. The highest BCUT2D eigenvalue weighted by Gasteiger charge is 2.00. The van der Waals surface area contributed by atoms with Gasteiger partial charge in [-0.25, -0.2) is 0 Å². The predicted octanol–water partition coefficient (Wildman–Crippen LogP) is 7.85. The van der Waals surface area contributed by atoms with Gasteiger partial charge in [0.25, 0.3) is 0 Å². The van der Waals surface area contributed by atoms with Crippen molar-refractivity contribution in [3.8, 4) is 0 Å². The molecule has 0 bridgehead atoms. The maximum atomic E-state index is 11.4. The second-order valence-electron chi connectivity index (χ2n) is 7.73. The quantitative estimate of drug-likeness (QED) is 0.133. The highest BCUT2D eigenvalue weighted by Crippen LogP contribution is 2.06. The highest BCUT2D eigenvalue weighted by molar-refractivity contribution is 5.69. The average Bonchev–Trinajstić information content (AvgIpc) is 2.70. The number of aliphatic carboxylic acids is 1. The van der Waals surface area contributed by atoms with Crippen LogP contribution in [-0.2, 0) is 14.3 Å². The molecule has 0 saturated heterocycles. The Labute approximate surface area is 180 Å². The van der Waals surface area contributed by atoms with Gasteiger partial charge in [0.15, 0.2) is 0 Å². The molecular formula is C25H48O4. The van der Waals surface area contributed by atoms with Crippen LogP contribution in [0.1, 0.15) is 130 Å². The first-order chi connectivity index (χ1) is 14.1. The molecular weight excluding hydrogens is 364 g/mol. The van der Waals surface area contributed by atoms with Gasteiger partial charge in [0, 0.05) is 12.8 Å². The molecule has 1 N–H and O–H groups in total. The van der Waals surface area contributed by atoms with Crippen LogP contribution >= 0.6 is 0 Å². The van der Waals surface area contributed by atoms with Gasteiger partial charge < -0.3 is 9.84 Å². The number of carboxylic acids is 1. The van der Waals surface area contributed by atoms with Crippen molar-refractivity contribution in [3.05, 3.63) is 12.2 Å². The number of carbonyl (C=O) groups is 2. The lowest BCUT2D eigenvalue weighted by molar-refractivity contribution is -0.142. The van der Waals surface area contributed by atoms with Gasteiger partial charge in [0.2, 0.25) is 0 Å². The Morgan fingerprint density at radius 1 is 0.655 bits per heavy atom. The second kappa shape index (κ2) is 26.7. The number of esters is 1. The van der Waals surface area contributed by atoms with Crippen LogP contribution < -0.4 is 0 Å². The zero-order chi connectivity index (χ0) is 22.0. The maximum absolute atomic E-state index is 11.4. The molecule has 172 valence electrons. The van der Waals surface area contributed by atoms with E-state index < -0.39 is 5.97 Å². The smallest absolute Gasteiger partial charge is 0.306 e. The lowest BCUT2D eigenvalue weighted by Crippen LogP contribution is -2.03. The number of carboxylic acid groups (broad SMARTS) is 1. The molecule has 0 fully saturated rings. The van der Waals surface area contributed by atoms with Crippen LogP contribution in [0.25, 0.3) is 0 Å². The van der Waals surface area contributed by atoms with Crippen LogP contribution in [0.5, 0.6) is 0 Å².